The molecule has 11 aromatic carbocycles. The van der Waals surface area contributed by atoms with Crippen molar-refractivity contribution in [3.8, 4) is 72.4 Å². The third-order valence-corrected chi connectivity index (χ3v) is 13.2. The highest BCUT2D eigenvalue weighted by Crippen LogP contribution is 2.40. The molecule has 0 N–H and O–H groups in total. The lowest BCUT2D eigenvalue weighted by atomic mass is 9.98. The molecule has 0 amide bonds. The van der Waals surface area contributed by atoms with Gasteiger partial charge in [0, 0.05) is 33.5 Å². The van der Waals surface area contributed by atoms with Gasteiger partial charge in [0.25, 0.3) is 0 Å². The summed E-state index contributed by atoms with van der Waals surface area (Å²) in [6, 6.07) is 101. The van der Waals surface area contributed by atoms with Crippen molar-refractivity contribution in [1.29, 1.82) is 0 Å². The van der Waals surface area contributed by atoms with Crippen LogP contribution in [0.25, 0.3) is 94.3 Å². The first-order chi connectivity index (χ1) is 33.7. The van der Waals surface area contributed by atoms with Crippen LogP contribution >= 0.6 is 0 Å². The van der Waals surface area contributed by atoms with Crippen LogP contribution in [-0.2, 0) is 0 Å². The number of rotatable bonds is 10. The number of fused-ring (bicyclic) bond motifs is 3. The molecule has 0 saturated carbocycles. The van der Waals surface area contributed by atoms with Crippen LogP contribution < -0.4 is 4.90 Å². The number of nitrogens with zero attached hydrogens (tertiary/aromatic N) is 2. The highest BCUT2D eigenvalue weighted by atomic mass is 15.1. The largest absolute Gasteiger partial charge is 0.311 e. The number of benzene rings is 11. The fourth-order valence-electron chi connectivity index (χ4n) is 9.74. The van der Waals surface area contributed by atoms with E-state index in [-0.39, 0.29) is 0 Å². The Hall–Kier alpha value is -8.98. The standard InChI is InChI=1S/C66H46N2/c1-5-15-47(16-6-1)51-27-35-59(36-28-51)67(60-37-29-52(30-38-60)48-17-7-2-8-18-48)61-39-31-53(32-40-61)54-23-13-24-55(43-54)56-25-14-26-62(44-56)68-65-45-57(49-19-9-3-10-20-49)33-41-63(65)64-42-34-58(46-66(64)68)50-21-11-4-12-22-50/h1-46H. The van der Waals surface area contributed by atoms with Crippen molar-refractivity contribution in [2.45, 2.75) is 0 Å². The molecule has 0 fully saturated rings. The van der Waals surface area contributed by atoms with Crippen LogP contribution in [0.5, 0.6) is 0 Å². The van der Waals surface area contributed by atoms with Gasteiger partial charge in [-0.2, -0.15) is 0 Å². The fourth-order valence-corrected chi connectivity index (χ4v) is 9.74. The van der Waals surface area contributed by atoms with Crippen molar-refractivity contribution in [2.24, 2.45) is 0 Å². The summed E-state index contributed by atoms with van der Waals surface area (Å²) in [5.74, 6) is 0. The summed E-state index contributed by atoms with van der Waals surface area (Å²) in [6.45, 7) is 0. The lowest BCUT2D eigenvalue weighted by molar-refractivity contribution is 1.18. The van der Waals surface area contributed by atoms with Crippen LogP contribution in [0.1, 0.15) is 0 Å². The molecule has 0 aliphatic carbocycles. The summed E-state index contributed by atoms with van der Waals surface area (Å²) >= 11 is 0. The van der Waals surface area contributed by atoms with E-state index < -0.39 is 0 Å². The molecule has 1 heterocycles. The van der Waals surface area contributed by atoms with E-state index >= 15 is 0 Å². The monoisotopic (exact) mass is 866 g/mol. The highest BCUT2D eigenvalue weighted by molar-refractivity contribution is 6.11. The van der Waals surface area contributed by atoms with Crippen LogP contribution in [0.2, 0.25) is 0 Å². The summed E-state index contributed by atoms with van der Waals surface area (Å²) in [6.07, 6.45) is 0. The smallest absolute Gasteiger partial charge is 0.0547 e. The lowest BCUT2D eigenvalue weighted by Gasteiger charge is -2.26. The molecule has 0 radical (unpaired) electrons. The summed E-state index contributed by atoms with van der Waals surface area (Å²) in [4.78, 5) is 2.34. The normalized spacial score (nSPS) is 11.2. The highest BCUT2D eigenvalue weighted by Gasteiger charge is 2.17. The molecule has 12 rings (SSSR count). The minimum Gasteiger partial charge on any atom is -0.311 e. The van der Waals surface area contributed by atoms with E-state index in [4.69, 9.17) is 0 Å². The second-order valence-corrected chi connectivity index (χ2v) is 17.4. The van der Waals surface area contributed by atoms with E-state index in [1.165, 1.54) is 83.0 Å². The number of hydrogen-bond donors (Lipinski definition) is 0. The van der Waals surface area contributed by atoms with Gasteiger partial charge in [0.2, 0.25) is 0 Å². The summed E-state index contributed by atoms with van der Waals surface area (Å²) in [7, 11) is 0. The Morgan fingerprint density at radius 2 is 0.485 bits per heavy atom. The quantitative estimate of drug-likeness (QED) is 0.133. The van der Waals surface area contributed by atoms with Crippen molar-refractivity contribution in [3.63, 3.8) is 0 Å². The van der Waals surface area contributed by atoms with E-state index in [0.29, 0.717) is 0 Å². The maximum absolute atomic E-state index is 2.45. The molecule has 2 nitrogen and oxygen atoms in total. The van der Waals surface area contributed by atoms with Crippen molar-refractivity contribution in [3.05, 3.63) is 279 Å². The zero-order valence-electron chi connectivity index (χ0n) is 37.5. The maximum Gasteiger partial charge on any atom is 0.0547 e. The third-order valence-electron chi connectivity index (χ3n) is 13.2. The molecule has 0 atom stereocenters. The van der Waals surface area contributed by atoms with Gasteiger partial charge in [0.1, 0.15) is 0 Å². The first-order valence-corrected chi connectivity index (χ1v) is 23.3. The predicted molar refractivity (Wildman–Crippen MR) is 288 cm³/mol. The molecule has 0 aliphatic heterocycles. The third kappa shape index (κ3) is 7.85. The van der Waals surface area contributed by atoms with Gasteiger partial charge in [-0.3, -0.25) is 0 Å². The van der Waals surface area contributed by atoms with Crippen LogP contribution in [0, 0.1) is 0 Å². The van der Waals surface area contributed by atoms with Crippen molar-refractivity contribution in [1.82, 2.24) is 4.57 Å². The van der Waals surface area contributed by atoms with Gasteiger partial charge in [-0.1, -0.05) is 212 Å². The first kappa shape index (κ1) is 40.5. The Morgan fingerprint density at radius 3 is 0.897 bits per heavy atom. The second-order valence-electron chi connectivity index (χ2n) is 17.4. The fraction of sp³-hybridized carbons (Fsp3) is 0. The minimum absolute atomic E-state index is 1.09. The zero-order chi connectivity index (χ0) is 45.2. The van der Waals surface area contributed by atoms with Gasteiger partial charge in [0.15, 0.2) is 0 Å². The molecule has 0 unspecified atom stereocenters. The van der Waals surface area contributed by atoms with Gasteiger partial charge in [-0.15, -0.1) is 0 Å². The summed E-state index contributed by atoms with van der Waals surface area (Å²) in [5, 5.41) is 2.48. The molecule has 2 heteroatoms. The molecular formula is C66H46N2. The molecule has 320 valence electrons. The van der Waals surface area contributed by atoms with Crippen LogP contribution in [0.15, 0.2) is 279 Å². The molecule has 0 aliphatic rings. The average Bonchev–Trinajstić information content (AvgIpc) is 3.75. The minimum atomic E-state index is 1.09. The topological polar surface area (TPSA) is 8.17 Å². The van der Waals surface area contributed by atoms with E-state index in [2.05, 4.69) is 289 Å². The molecule has 0 saturated heterocycles. The molecular weight excluding hydrogens is 821 g/mol. The average molecular weight is 867 g/mol. The first-order valence-electron chi connectivity index (χ1n) is 23.3. The van der Waals surface area contributed by atoms with Crippen molar-refractivity contribution in [2.75, 3.05) is 4.90 Å². The summed E-state index contributed by atoms with van der Waals surface area (Å²) < 4.78 is 2.45. The van der Waals surface area contributed by atoms with Gasteiger partial charge in [0.05, 0.1) is 11.0 Å². The predicted octanol–water partition coefficient (Wildman–Crippen LogP) is 18.3. The Labute approximate surface area is 397 Å². The van der Waals surface area contributed by atoms with E-state index in [1.54, 1.807) is 0 Å². The molecule has 12 aromatic rings. The van der Waals surface area contributed by atoms with Crippen LogP contribution in [0.3, 0.4) is 0 Å². The lowest BCUT2D eigenvalue weighted by Crippen LogP contribution is -2.09. The van der Waals surface area contributed by atoms with E-state index in [0.717, 1.165) is 28.3 Å². The van der Waals surface area contributed by atoms with Crippen LogP contribution in [0.4, 0.5) is 17.1 Å². The molecule has 0 bridgehead atoms. The van der Waals surface area contributed by atoms with Gasteiger partial charge < -0.3 is 9.47 Å². The van der Waals surface area contributed by atoms with Gasteiger partial charge >= 0.3 is 0 Å². The molecule has 68 heavy (non-hydrogen) atoms. The Morgan fingerprint density at radius 1 is 0.206 bits per heavy atom. The SMILES string of the molecule is c1ccc(-c2ccc(N(c3ccc(-c4ccccc4)cc3)c3ccc(-c4cccc(-c5cccc(-n6c7cc(-c8ccccc8)ccc7c7ccc(-c8ccccc8)cc76)c5)c4)cc3)cc2)cc1. The summed E-state index contributed by atoms with van der Waals surface area (Å²) in [5.41, 5.74) is 21.1. The second kappa shape index (κ2) is 17.8. The van der Waals surface area contributed by atoms with Gasteiger partial charge in [-0.25, -0.2) is 0 Å². The van der Waals surface area contributed by atoms with Crippen molar-refractivity contribution >= 4 is 38.9 Å². The molecule has 1 aromatic heterocycles. The van der Waals surface area contributed by atoms with E-state index in [9.17, 15) is 0 Å². The molecule has 0 spiro atoms. The number of hydrogen-bond acceptors (Lipinski definition) is 1. The zero-order valence-corrected chi connectivity index (χ0v) is 37.5. The maximum atomic E-state index is 2.45. The Balaban J connectivity index is 0.902. The van der Waals surface area contributed by atoms with Crippen molar-refractivity contribution < 1.29 is 0 Å². The number of anilines is 3. The Bertz CT molecular complexity index is 3490. The van der Waals surface area contributed by atoms with E-state index in [1.807, 2.05) is 0 Å². The Kier molecular flexibility index (Phi) is 10.6. The van der Waals surface area contributed by atoms with Gasteiger partial charge in [-0.05, 0) is 133 Å². The number of aromatic nitrogens is 1. The van der Waals surface area contributed by atoms with Crippen LogP contribution in [-0.4, -0.2) is 4.57 Å².